The zero-order valence-corrected chi connectivity index (χ0v) is 11.0. The van der Waals surface area contributed by atoms with Gasteiger partial charge in [0.15, 0.2) is 0 Å². The van der Waals surface area contributed by atoms with Crippen LogP contribution < -0.4 is 16.2 Å². The Labute approximate surface area is 107 Å². The highest BCUT2D eigenvalue weighted by atomic mass is 16.1. The van der Waals surface area contributed by atoms with E-state index < -0.39 is 0 Å². The van der Waals surface area contributed by atoms with Gasteiger partial charge in [0, 0.05) is 38.7 Å². The van der Waals surface area contributed by atoms with E-state index in [-0.39, 0.29) is 11.6 Å². The number of hydrogen-bond donors (Lipinski definition) is 2. The molecule has 6 nitrogen and oxygen atoms in total. The van der Waals surface area contributed by atoms with Crippen molar-refractivity contribution in [1.82, 2.24) is 14.9 Å². The molecular weight excluding hydrogens is 230 g/mol. The van der Waals surface area contributed by atoms with Crippen molar-refractivity contribution in [2.24, 2.45) is 5.73 Å². The van der Waals surface area contributed by atoms with E-state index in [4.69, 9.17) is 5.73 Å². The van der Waals surface area contributed by atoms with Gasteiger partial charge in [-0.15, -0.1) is 0 Å². The summed E-state index contributed by atoms with van der Waals surface area (Å²) in [6.07, 6.45) is 0.726. The number of nitrogens with one attached hydrogen (secondary N) is 1. The van der Waals surface area contributed by atoms with Crippen molar-refractivity contribution in [1.29, 1.82) is 0 Å². The lowest BCUT2D eigenvalue weighted by atomic mass is 10.1. The predicted molar refractivity (Wildman–Crippen MR) is 71.9 cm³/mol. The molecule has 1 aromatic rings. The minimum Gasteiger partial charge on any atom is -0.350 e. The highest BCUT2D eigenvalue weighted by Crippen LogP contribution is 2.16. The summed E-state index contributed by atoms with van der Waals surface area (Å²) in [7, 11) is 2.09. The second-order valence-corrected chi connectivity index (χ2v) is 4.75. The molecule has 0 radical (unpaired) electrons. The zero-order valence-electron chi connectivity index (χ0n) is 11.0. The molecule has 0 amide bonds. The molecule has 0 bridgehead atoms. The fourth-order valence-corrected chi connectivity index (χ4v) is 2.32. The van der Waals surface area contributed by atoms with Crippen molar-refractivity contribution in [2.75, 3.05) is 38.1 Å². The maximum absolute atomic E-state index is 11.6. The Morgan fingerprint density at radius 1 is 1.56 bits per heavy atom. The number of rotatable bonds is 3. The van der Waals surface area contributed by atoms with Crippen LogP contribution in [0.4, 0.5) is 5.82 Å². The molecule has 1 atom stereocenters. The van der Waals surface area contributed by atoms with Crippen LogP contribution in [-0.4, -0.2) is 54.1 Å². The Morgan fingerprint density at radius 3 is 3.00 bits per heavy atom. The van der Waals surface area contributed by atoms with Crippen molar-refractivity contribution >= 4 is 5.82 Å². The molecule has 1 aliphatic heterocycles. The smallest absolute Gasteiger partial charge is 0.252 e. The van der Waals surface area contributed by atoms with Gasteiger partial charge in [-0.25, -0.2) is 4.98 Å². The number of hydrogen-bond acceptors (Lipinski definition) is 5. The van der Waals surface area contributed by atoms with Crippen LogP contribution in [0.3, 0.4) is 0 Å². The lowest BCUT2D eigenvalue weighted by Gasteiger charge is -2.40. The molecule has 0 spiro atoms. The van der Waals surface area contributed by atoms with E-state index >= 15 is 0 Å². The maximum atomic E-state index is 11.6. The molecule has 3 N–H and O–H groups in total. The van der Waals surface area contributed by atoms with Gasteiger partial charge < -0.3 is 20.5 Å². The lowest BCUT2D eigenvalue weighted by Crippen LogP contribution is -2.55. The third-order valence-corrected chi connectivity index (χ3v) is 3.36. The van der Waals surface area contributed by atoms with Gasteiger partial charge in [-0.05, 0) is 7.05 Å². The molecule has 1 fully saturated rings. The Morgan fingerprint density at radius 2 is 2.33 bits per heavy atom. The first-order valence-corrected chi connectivity index (χ1v) is 6.39. The highest BCUT2D eigenvalue weighted by molar-refractivity contribution is 5.40. The van der Waals surface area contributed by atoms with E-state index in [1.54, 1.807) is 6.07 Å². The summed E-state index contributed by atoms with van der Waals surface area (Å²) in [5.41, 5.74) is 5.73. The Hall–Kier alpha value is -1.40. The van der Waals surface area contributed by atoms with Crippen LogP contribution in [0, 0.1) is 0 Å². The largest absolute Gasteiger partial charge is 0.350 e. The topological polar surface area (TPSA) is 78.2 Å². The monoisotopic (exact) mass is 251 g/mol. The number of H-pyrrole nitrogens is 1. The average Bonchev–Trinajstić information content (AvgIpc) is 2.37. The van der Waals surface area contributed by atoms with Gasteiger partial charge in [0.25, 0.3) is 5.56 Å². The number of anilines is 1. The highest BCUT2D eigenvalue weighted by Gasteiger charge is 2.25. The van der Waals surface area contributed by atoms with Gasteiger partial charge in [-0.1, -0.05) is 6.92 Å². The summed E-state index contributed by atoms with van der Waals surface area (Å²) in [6, 6.07) is 1.79. The molecular formula is C12H21N5O. The number of aromatic amines is 1. The summed E-state index contributed by atoms with van der Waals surface area (Å²) >= 11 is 0. The average molecular weight is 251 g/mol. The molecule has 18 heavy (non-hydrogen) atoms. The van der Waals surface area contributed by atoms with Crippen LogP contribution in [0.2, 0.25) is 0 Å². The molecule has 0 aromatic carbocycles. The van der Waals surface area contributed by atoms with Crippen molar-refractivity contribution < 1.29 is 0 Å². The van der Waals surface area contributed by atoms with E-state index in [2.05, 4.69) is 26.8 Å². The lowest BCUT2D eigenvalue weighted by molar-refractivity contribution is 0.268. The van der Waals surface area contributed by atoms with Crippen molar-refractivity contribution in [3.05, 3.63) is 22.2 Å². The summed E-state index contributed by atoms with van der Waals surface area (Å²) in [4.78, 5) is 23.2. The van der Waals surface area contributed by atoms with E-state index in [9.17, 15) is 4.79 Å². The summed E-state index contributed by atoms with van der Waals surface area (Å²) < 4.78 is 0. The predicted octanol–water partition coefficient (Wildman–Crippen LogP) is -0.589. The SMILES string of the molecule is CCc1nc(N2CCN(C)CC2CN)cc(=O)[nH]1. The van der Waals surface area contributed by atoms with Crippen LogP contribution in [0.15, 0.2) is 10.9 Å². The van der Waals surface area contributed by atoms with Gasteiger partial charge in [0.05, 0.1) is 6.04 Å². The third kappa shape index (κ3) is 2.70. The first kappa shape index (κ1) is 13.0. The van der Waals surface area contributed by atoms with E-state index in [0.29, 0.717) is 6.54 Å². The zero-order chi connectivity index (χ0) is 13.1. The maximum Gasteiger partial charge on any atom is 0.252 e. The molecule has 2 heterocycles. The van der Waals surface area contributed by atoms with E-state index in [1.807, 2.05) is 6.92 Å². The first-order chi connectivity index (χ1) is 8.63. The summed E-state index contributed by atoms with van der Waals surface area (Å²) in [5, 5.41) is 0. The minimum absolute atomic E-state index is 0.0912. The Balaban J connectivity index is 2.29. The van der Waals surface area contributed by atoms with Crippen LogP contribution in [0.1, 0.15) is 12.7 Å². The van der Waals surface area contributed by atoms with Crippen LogP contribution >= 0.6 is 0 Å². The Bertz CT molecular complexity index is 458. The number of aromatic nitrogens is 2. The molecule has 1 unspecified atom stereocenters. The molecule has 6 heteroatoms. The normalized spacial score (nSPS) is 21.3. The number of piperazine rings is 1. The quantitative estimate of drug-likeness (QED) is 0.751. The molecule has 1 saturated heterocycles. The van der Waals surface area contributed by atoms with Crippen molar-refractivity contribution in [3.63, 3.8) is 0 Å². The van der Waals surface area contributed by atoms with Crippen LogP contribution in [-0.2, 0) is 6.42 Å². The standard InChI is InChI=1S/C12H21N5O/c1-3-10-14-11(6-12(18)15-10)17-5-4-16(2)8-9(17)7-13/h6,9H,3-5,7-8,13H2,1-2H3,(H,14,15,18). The van der Waals surface area contributed by atoms with Gasteiger partial charge in [-0.2, -0.15) is 0 Å². The van der Waals surface area contributed by atoms with Gasteiger partial charge >= 0.3 is 0 Å². The molecule has 1 aromatic heterocycles. The second-order valence-electron chi connectivity index (χ2n) is 4.75. The number of nitrogens with zero attached hydrogens (tertiary/aromatic N) is 3. The van der Waals surface area contributed by atoms with Gasteiger partial charge in [0.2, 0.25) is 0 Å². The summed E-state index contributed by atoms with van der Waals surface area (Å²) in [6.45, 7) is 5.28. The fourth-order valence-electron chi connectivity index (χ4n) is 2.32. The fraction of sp³-hybridized carbons (Fsp3) is 0.667. The third-order valence-electron chi connectivity index (χ3n) is 3.36. The number of likely N-dealkylation sites (N-methyl/N-ethyl adjacent to an activating group) is 1. The van der Waals surface area contributed by atoms with E-state index in [0.717, 1.165) is 37.7 Å². The van der Waals surface area contributed by atoms with Gasteiger partial charge in [-0.3, -0.25) is 4.79 Å². The van der Waals surface area contributed by atoms with Crippen molar-refractivity contribution in [2.45, 2.75) is 19.4 Å². The second kappa shape index (κ2) is 5.49. The van der Waals surface area contributed by atoms with Crippen LogP contribution in [0.5, 0.6) is 0 Å². The van der Waals surface area contributed by atoms with Crippen molar-refractivity contribution in [3.8, 4) is 0 Å². The van der Waals surface area contributed by atoms with Gasteiger partial charge in [0.1, 0.15) is 11.6 Å². The Kier molecular flexibility index (Phi) is 3.98. The molecule has 2 rings (SSSR count). The van der Waals surface area contributed by atoms with Crippen LogP contribution in [0.25, 0.3) is 0 Å². The number of nitrogens with two attached hydrogens (primary N) is 1. The summed E-state index contributed by atoms with van der Waals surface area (Å²) in [5.74, 6) is 1.48. The molecule has 0 saturated carbocycles. The number of aryl methyl sites for hydroxylation is 1. The molecule has 1 aliphatic rings. The minimum atomic E-state index is -0.0912. The molecule has 100 valence electrons. The first-order valence-electron chi connectivity index (χ1n) is 6.39. The van der Waals surface area contributed by atoms with E-state index in [1.165, 1.54) is 0 Å². The molecule has 0 aliphatic carbocycles.